The van der Waals surface area contributed by atoms with Crippen molar-refractivity contribution in [3.8, 4) is 11.5 Å². The molecule has 3 N–H and O–H groups in total. The predicted octanol–water partition coefficient (Wildman–Crippen LogP) is 10.6. The number of halogens is 4. The summed E-state index contributed by atoms with van der Waals surface area (Å²) < 4.78 is 48.8. The highest BCUT2D eigenvalue weighted by Gasteiger charge is 2.22. The van der Waals surface area contributed by atoms with Crippen LogP contribution in [0.2, 0.25) is 10.0 Å². The molecule has 2 fully saturated rings. The molecule has 2 aliphatic heterocycles. The van der Waals surface area contributed by atoms with Gasteiger partial charge in [-0.3, -0.25) is 19.2 Å². The average molecular weight is 1090 g/mol. The number of methoxy groups -OCH3 is 2. The zero-order valence-corrected chi connectivity index (χ0v) is 45.0. The zero-order chi connectivity index (χ0) is 54.2. The minimum atomic E-state index is -1.05. The fourth-order valence-corrected chi connectivity index (χ4v) is 8.83. The number of carbonyl (C=O) groups is 4. The number of piperidine rings is 2. The second-order valence-corrected chi connectivity index (χ2v) is 19.6. The Morgan fingerprint density at radius 3 is 1.39 bits per heavy atom. The normalized spacial score (nSPS) is 13.7. The van der Waals surface area contributed by atoms with Gasteiger partial charge in [0.05, 0.1) is 68.7 Å². The Balaban J connectivity index is 0.000000281. The quantitative estimate of drug-likeness (QED) is 0.0400. The standard InChI is InChI=1S/C28H37ClFN3O4.C20H23ClFN3O3.C7H15NO2/c1-36-27(35)9-5-3-2-4-8-24(34)17-22-10-11-25(18-26(22)30)37-16-6-7-21-12-14-33(15-13-21)28-31-19-23(29)20-32-28;21-16-12-23-20(24-13-16)25-7-5-14(6-8-25)2-1-9-28-17-4-3-15(10-19(26)27)18(22)11-17;1-10-7(9)5-3-2-4-6-8/h10-11,18-21H,2-9,12-17H2,1H3;3-4,11-14H,1-2,5-10H2,(H,26,27);2-6,8H2,1H3. The van der Waals surface area contributed by atoms with Gasteiger partial charge in [-0.1, -0.05) is 54.6 Å². The van der Waals surface area contributed by atoms with Gasteiger partial charge in [0.2, 0.25) is 11.9 Å². The van der Waals surface area contributed by atoms with Gasteiger partial charge in [-0.2, -0.15) is 0 Å². The molecule has 0 radical (unpaired) electrons. The van der Waals surface area contributed by atoms with E-state index in [4.69, 9.17) is 43.5 Å². The molecule has 2 saturated heterocycles. The Kier molecular flexibility index (Phi) is 29.3. The van der Waals surface area contributed by atoms with Crippen LogP contribution in [0, 0.1) is 23.5 Å². The first-order valence-electron chi connectivity index (χ1n) is 26.1. The van der Waals surface area contributed by atoms with Crippen LogP contribution in [0.3, 0.4) is 0 Å². The second-order valence-electron chi connectivity index (χ2n) is 18.7. The summed E-state index contributed by atoms with van der Waals surface area (Å²) in [5.41, 5.74) is 5.83. The molecule has 75 heavy (non-hydrogen) atoms. The summed E-state index contributed by atoms with van der Waals surface area (Å²) in [6.07, 6.45) is 22.0. The largest absolute Gasteiger partial charge is 0.493 e. The van der Waals surface area contributed by atoms with Crippen molar-refractivity contribution in [3.05, 3.63) is 94.0 Å². The fraction of sp³-hybridized carbons (Fsp3) is 0.564. The van der Waals surface area contributed by atoms with Crippen LogP contribution in [0.25, 0.3) is 0 Å². The van der Waals surface area contributed by atoms with Crippen LogP contribution in [0.4, 0.5) is 20.7 Å². The number of unbranched alkanes of at least 4 members (excludes halogenated alkanes) is 5. The van der Waals surface area contributed by atoms with E-state index in [-0.39, 0.29) is 36.1 Å². The number of aromatic nitrogens is 4. The van der Waals surface area contributed by atoms with Crippen molar-refractivity contribution in [1.82, 2.24) is 19.9 Å². The molecule has 6 rings (SSSR count). The van der Waals surface area contributed by atoms with E-state index in [0.717, 1.165) is 134 Å². The highest BCUT2D eigenvalue weighted by atomic mass is 35.5. The lowest BCUT2D eigenvalue weighted by atomic mass is 9.92. The number of rotatable bonds is 28. The first-order valence-corrected chi connectivity index (χ1v) is 26.9. The molecule has 4 aromatic rings. The molecule has 0 spiro atoms. The fourth-order valence-electron chi connectivity index (χ4n) is 8.63. The molecule has 0 saturated carbocycles. The summed E-state index contributed by atoms with van der Waals surface area (Å²) in [4.78, 5) is 66.0. The number of ketones is 1. The zero-order valence-electron chi connectivity index (χ0n) is 43.5. The van der Waals surface area contributed by atoms with E-state index in [1.807, 2.05) is 0 Å². The Morgan fingerprint density at radius 1 is 0.600 bits per heavy atom. The van der Waals surface area contributed by atoms with Crippen LogP contribution in [-0.4, -0.2) is 109 Å². The number of nitrogens with zero attached hydrogens (tertiary/aromatic N) is 6. The van der Waals surface area contributed by atoms with Crippen LogP contribution >= 0.6 is 23.2 Å². The molecular weight excluding hydrogens is 1010 g/mol. The third kappa shape index (κ3) is 25.1. The van der Waals surface area contributed by atoms with Crippen molar-refractivity contribution in [1.29, 1.82) is 0 Å². The average Bonchev–Trinajstić information content (AvgIpc) is 3.41. The number of anilines is 2. The molecule has 412 valence electrons. The van der Waals surface area contributed by atoms with Crippen molar-refractivity contribution in [2.45, 2.75) is 128 Å². The molecule has 4 heterocycles. The summed E-state index contributed by atoms with van der Waals surface area (Å²) in [5, 5.41) is 9.81. The third-order valence-electron chi connectivity index (χ3n) is 13.0. The monoisotopic (exact) mass is 1090 g/mol. The minimum absolute atomic E-state index is 0.0224. The third-order valence-corrected chi connectivity index (χ3v) is 13.4. The Bertz CT molecular complexity index is 2310. The lowest BCUT2D eigenvalue weighted by Crippen LogP contribution is -2.34. The summed E-state index contributed by atoms with van der Waals surface area (Å²) in [5.74, 6) is 1.32. The molecular formula is C55H75Cl2F2N7O9. The van der Waals surface area contributed by atoms with Gasteiger partial charge in [0, 0.05) is 64.0 Å². The van der Waals surface area contributed by atoms with Gasteiger partial charge in [0.1, 0.15) is 28.9 Å². The van der Waals surface area contributed by atoms with Crippen molar-refractivity contribution >= 4 is 58.8 Å². The lowest BCUT2D eigenvalue weighted by molar-refractivity contribution is -0.141. The molecule has 0 unspecified atom stereocenters. The summed E-state index contributed by atoms with van der Waals surface area (Å²) in [6.45, 7) is 5.45. The van der Waals surface area contributed by atoms with Crippen LogP contribution < -0.4 is 25.0 Å². The Morgan fingerprint density at radius 2 is 1.00 bits per heavy atom. The smallest absolute Gasteiger partial charge is 0.307 e. The maximum atomic E-state index is 14.5. The Labute approximate surface area is 450 Å². The van der Waals surface area contributed by atoms with Crippen molar-refractivity contribution in [2.75, 3.05) is 70.0 Å². The van der Waals surface area contributed by atoms with Crippen molar-refractivity contribution in [3.63, 3.8) is 0 Å². The van der Waals surface area contributed by atoms with E-state index < -0.39 is 17.6 Å². The first kappa shape index (κ1) is 61.8. The van der Waals surface area contributed by atoms with Gasteiger partial charge in [-0.25, -0.2) is 28.7 Å². The van der Waals surface area contributed by atoms with Gasteiger partial charge >= 0.3 is 17.9 Å². The van der Waals surface area contributed by atoms with E-state index in [0.29, 0.717) is 78.0 Å². The molecule has 0 atom stereocenters. The number of carboxylic acid groups (broad SMARTS) is 1. The van der Waals surface area contributed by atoms with Crippen LogP contribution in [-0.2, 0) is 41.5 Å². The van der Waals surface area contributed by atoms with E-state index in [2.05, 4.69) is 39.2 Å². The molecule has 0 amide bonds. The van der Waals surface area contributed by atoms with E-state index in [1.54, 1.807) is 43.0 Å². The van der Waals surface area contributed by atoms with Crippen LogP contribution in [0.15, 0.2) is 61.2 Å². The number of aliphatic carboxylic acids is 1. The van der Waals surface area contributed by atoms with Gasteiger partial charge in [-0.15, -0.1) is 0 Å². The number of esters is 2. The Hall–Kier alpha value is -5.72. The molecule has 0 aliphatic carbocycles. The maximum absolute atomic E-state index is 14.5. The number of hydrogen-bond donors (Lipinski definition) is 2. The van der Waals surface area contributed by atoms with E-state index >= 15 is 0 Å². The number of benzene rings is 2. The van der Waals surface area contributed by atoms with Crippen molar-refractivity contribution < 1.29 is 52.0 Å². The SMILES string of the molecule is COC(=O)CCCCCCC(=O)Cc1ccc(OCCCC2CCN(c3ncc(Cl)cn3)CC2)cc1F.COC(=O)CCCCCN.O=C(O)Cc1ccc(OCCCC2CCN(c3ncc(Cl)cn3)CC2)cc1F. The van der Waals surface area contributed by atoms with E-state index in [1.165, 1.54) is 32.4 Å². The van der Waals surface area contributed by atoms with E-state index in [9.17, 15) is 28.0 Å². The molecule has 16 nitrogen and oxygen atoms in total. The summed E-state index contributed by atoms with van der Waals surface area (Å²) in [7, 11) is 2.79. The summed E-state index contributed by atoms with van der Waals surface area (Å²) in [6, 6.07) is 9.10. The molecule has 2 aromatic heterocycles. The second kappa shape index (κ2) is 35.5. The van der Waals surface area contributed by atoms with Crippen LogP contribution in [0.5, 0.6) is 11.5 Å². The van der Waals surface area contributed by atoms with Gasteiger partial charge in [0.15, 0.2) is 0 Å². The molecule has 20 heteroatoms. The molecule has 2 aromatic carbocycles. The first-order chi connectivity index (χ1) is 36.3. The topological polar surface area (TPSA) is 209 Å². The number of carboxylic acids is 1. The molecule has 2 aliphatic rings. The highest BCUT2D eigenvalue weighted by Crippen LogP contribution is 2.27. The van der Waals surface area contributed by atoms with Gasteiger partial charge in [0.25, 0.3) is 0 Å². The molecule has 0 bridgehead atoms. The number of hydrogen-bond acceptors (Lipinski definition) is 15. The van der Waals surface area contributed by atoms with Crippen molar-refractivity contribution in [2.24, 2.45) is 17.6 Å². The number of carbonyl (C=O) groups excluding carboxylic acids is 3. The van der Waals surface area contributed by atoms with Gasteiger partial charge < -0.3 is 39.6 Å². The minimum Gasteiger partial charge on any atom is -0.493 e. The van der Waals surface area contributed by atoms with Gasteiger partial charge in [-0.05, 0) is 119 Å². The maximum Gasteiger partial charge on any atom is 0.307 e. The number of Topliss-reactive ketones (excluding diaryl/α,β-unsaturated/α-hetero) is 1. The lowest BCUT2D eigenvalue weighted by Gasteiger charge is -2.31. The van der Waals surface area contributed by atoms with Crippen LogP contribution in [0.1, 0.15) is 127 Å². The summed E-state index contributed by atoms with van der Waals surface area (Å²) >= 11 is 11.7. The predicted molar refractivity (Wildman–Crippen MR) is 286 cm³/mol. The number of nitrogens with two attached hydrogens (primary N) is 1. The highest BCUT2D eigenvalue weighted by molar-refractivity contribution is 6.30. The number of ether oxygens (including phenoxy) is 4.